The van der Waals surface area contributed by atoms with Crippen molar-refractivity contribution in [1.29, 1.82) is 0 Å². The van der Waals surface area contributed by atoms with Gasteiger partial charge in [-0.1, -0.05) is 13.8 Å². The van der Waals surface area contributed by atoms with Crippen molar-refractivity contribution in [3.8, 4) is 0 Å². The van der Waals surface area contributed by atoms with Gasteiger partial charge in [-0.25, -0.2) is 4.39 Å². The summed E-state index contributed by atoms with van der Waals surface area (Å²) in [5, 5.41) is 4.96. The van der Waals surface area contributed by atoms with Gasteiger partial charge in [-0.2, -0.15) is 0 Å². The second-order valence-electron chi connectivity index (χ2n) is 5.00. The number of carbonyl (C=O) groups is 3. The molecule has 1 aromatic rings. The van der Waals surface area contributed by atoms with Crippen LogP contribution in [-0.2, 0) is 14.3 Å². The van der Waals surface area contributed by atoms with Crippen molar-refractivity contribution >= 4 is 17.8 Å². The molecule has 0 aliphatic carbocycles. The van der Waals surface area contributed by atoms with E-state index in [0.29, 0.717) is 0 Å². The molecule has 6 nitrogen and oxygen atoms in total. The number of methoxy groups -OCH3 is 1. The number of hydrogen-bond donors (Lipinski definition) is 2. The van der Waals surface area contributed by atoms with Gasteiger partial charge in [0, 0.05) is 5.56 Å². The summed E-state index contributed by atoms with van der Waals surface area (Å²) in [5.74, 6) is -2.21. The molecular formula is C15H19FN2O4. The molecule has 1 rings (SSSR count). The molecule has 0 aliphatic heterocycles. The Bertz CT molecular complexity index is 543. The highest BCUT2D eigenvalue weighted by Crippen LogP contribution is 2.06. The maximum Gasteiger partial charge on any atom is 0.325 e. The Morgan fingerprint density at radius 2 is 1.77 bits per heavy atom. The first-order valence-electron chi connectivity index (χ1n) is 6.76. The van der Waals surface area contributed by atoms with Gasteiger partial charge in [-0.05, 0) is 30.2 Å². The summed E-state index contributed by atoms with van der Waals surface area (Å²) in [6.45, 7) is 3.24. The fourth-order valence-electron chi connectivity index (χ4n) is 1.70. The van der Waals surface area contributed by atoms with E-state index in [4.69, 9.17) is 0 Å². The number of nitrogens with one attached hydrogen (secondary N) is 2. The van der Waals surface area contributed by atoms with Crippen LogP contribution in [0.4, 0.5) is 4.39 Å². The van der Waals surface area contributed by atoms with Crippen molar-refractivity contribution < 1.29 is 23.5 Å². The van der Waals surface area contributed by atoms with Gasteiger partial charge < -0.3 is 15.4 Å². The Labute approximate surface area is 128 Å². The first kappa shape index (κ1) is 17.6. The Balaban J connectivity index is 2.71. The van der Waals surface area contributed by atoms with Crippen LogP contribution in [0.25, 0.3) is 0 Å². The molecule has 0 aliphatic rings. The first-order chi connectivity index (χ1) is 10.3. The average molecular weight is 310 g/mol. The topological polar surface area (TPSA) is 84.5 Å². The summed E-state index contributed by atoms with van der Waals surface area (Å²) in [6, 6.07) is 4.16. The van der Waals surface area contributed by atoms with Crippen molar-refractivity contribution in [2.75, 3.05) is 13.7 Å². The monoisotopic (exact) mass is 310 g/mol. The largest absolute Gasteiger partial charge is 0.468 e. The van der Waals surface area contributed by atoms with E-state index in [1.807, 2.05) is 0 Å². The molecule has 22 heavy (non-hydrogen) atoms. The van der Waals surface area contributed by atoms with Crippen LogP contribution in [0.3, 0.4) is 0 Å². The molecule has 0 bridgehead atoms. The van der Waals surface area contributed by atoms with Gasteiger partial charge in [0.2, 0.25) is 5.91 Å². The number of hydrogen-bond acceptors (Lipinski definition) is 4. The molecule has 0 spiro atoms. The molecule has 0 radical (unpaired) electrons. The van der Waals surface area contributed by atoms with E-state index in [0.717, 1.165) is 12.1 Å². The van der Waals surface area contributed by atoms with Crippen LogP contribution in [0, 0.1) is 11.7 Å². The van der Waals surface area contributed by atoms with Crippen molar-refractivity contribution in [3.05, 3.63) is 35.6 Å². The lowest BCUT2D eigenvalue weighted by Crippen LogP contribution is -2.50. The fraction of sp³-hybridized carbons (Fsp3) is 0.400. The fourth-order valence-corrected chi connectivity index (χ4v) is 1.70. The lowest BCUT2D eigenvalue weighted by atomic mass is 10.0. The minimum absolute atomic E-state index is 0.193. The first-order valence-corrected chi connectivity index (χ1v) is 6.76. The third-order valence-electron chi connectivity index (χ3n) is 2.98. The molecule has 7 heteroatoms. The molecule has 2 N–H and O–H groups in total. The number of carbonyl (C=O) groups excluding carboxylic acids is 3. The summed E-state index contributed by atoms with van der Waals surface area (Å²) in [6.07, 6.45) is 0. The Morgan fingerprint density at radius 1 is 1.18 bits per heavy atom. The SMILES string of the molecule is COC(=O)CNC(=O)C(NC(=O)c1ccc(F)cc1)C(C)C. The molecule has 0 aromatic heterocycles. The smallest absolute Gasteiger partial charge is 0.325 e. The third-order valence-corrected chi connectivity index (χ3v) is 2.98. The minimum atomic E-state index is -0.817. The Hall–Kier alpha value is -2.44. The van der Waals surface area contributed by atoms with E-state index in [-0.39, 0.29) is 18.0 Å². The Kier molecular flexibility index (Phi) is 6.49. The maximum atomic E-state index is 12.8. The zero-order chi connectivity index (χ0) is 16.7. The maximum absolute atomic E-state index is 12.8. The molecule has 120 valence electrons. The number of rotatable bonds is 6. The number of halogens is 1. The predicted molar refractivity (Wildman–Crippen MR) is 77.5 cm³/mol. The average Bonchev–Trinajstić information content (AvgIpc) is 2.49. The predicted octanol–water partition coefficient (Wildman–Crippen LogP) is 0.869. The van der Waals surface area contributed by atoms with Gasteiger partial charge in [0.05, 0.1) is 7.11 Å². The van der Waals surface area contributed by atoms with Crippen LogP contribution in [0.15, 0.2) is 24.3 Å². The summed E-state index contributed by atoms with van der Waals surface area (Å²) in [5.41, 5.74) is 0.243. The van der Waals surface area contributed by atoms with Crippen molar-refractivity contribution in [1.82, 2.24) is 10.6 Å². The molecule has 0 saturated carbocycles. The Morgan fingerprint density at radius 3 is 2.27 bits per heavy atom. The molecular weight excluding hydrogens is 291 g/mol. The molecule has 0 saturated heterocycles. The summed E-state index contributed by atoms with van der Waals surface area (Å²) < 4.78 is 17.3. The van der Waals surface area contributed by atoms with E-state index in [2.05, 4.69) is 15.4 Å². The van der Waals surface area contributed by atoms with Gasteiger partial charge in [0.15, 0.2) is 0 Å². The second kappa shape index (κ2) is 8.11. The normalized spacial score (nSPS) is 11.7. The van der Waals surface area contributed by atoms with Crippen LogP contribution in [0.2, 0.25) is 0 Å². The standard InChI is InChI=1S/C15H19FN2O4/c1-9(2)13(15(21)17-8-12(19)22-3)18-14(20)10-4-6-11(16)7-5-10/h4-7,9,13H,8H2,1-3H3,(H,17,21)(H,18,20). The molecule has 1 atom stereocenters. The number of ether oxygens (including phenoxy) is 1. The van der Waals surface area contributed by atoms with E-state index in [1.54, 1.807) is 13.8 Å². The molecule has 2 amide bonds. The minimum Gasteiger partial charge on any atom is -0.468 e. The van der Waals surface area contributed by atoms with Gasteiger partial charge >= 0.3 is 5.97 Å². The van der Waals surface area contributed by atoms with Gasteiger partial charge in [0.25, 0.3) is 5.91 Å². The van der Waals surface area contributed by atoms with E-state index >= 15 is 0 Å². The highest BCUT2D eigenvalue weighted by atomic mass is 19.1. The molecule has 0 heterocycles. The second-order valence-corrected chi connectivity index (χ2v) is 5.00. The van der Waals surface area contributed by atoms with Gasteiger partial charge in [-0.15, -0.1) is 0 Å². The zero-order valence-corrected chi connectivity index (χ0v) is 12.7. The van der Waals surface area contributed by atoms with Crippen LogP contribution in [0.5, 0.6) is 0 Å². The number of benzene rings is 1. The highest BCUT2D eigenvalue weighted by Gasteiger charge is 2.25. The van der Waals surface area contributed by atoms with E-state index in [1.165, 1.54) is 19.2 Å². The highest BCUT2D eigenvalue weighted by molar-refractivity contribution is 5.98. The quantitative estimate of drug-likeness (QED) is 0.764. The van der Waals surface area contributed by atoms with Gasteiger partial charge in [0.1, 0.15) is 18.4 Å². The van der Waals surface area contributed by atoms with Crippen molar-refractivity contribution in [2.45, 2.75) is 19.9 Å². The van der Waals surface area contributed by atoms with Crippen LogP contribution >= 0.6 is 0 Å². The van der Waals surface area contributed by atoms with Crippen LogP contribution < -0.4 is 10.6 Å². The lowest BCUT2D eigenvalue weighted by molar-refractivity contribution is -0.141. The van der Waals surface area contributed by atoms with Gasteiger partial charge in [-0.3, -0.25) is 14.4 Å². The summed E-state index contributed by atoms with van der Waals surface area (Å²) >= 11 is 0. The van der Waals surface area contributed by atoms with Crippen LogP contribution in [-0.4, -0.2) is 37.5 Å². The summed E-state index contributed by atoms with van der Waals surface area (Å²) in [4.78, 5) is 35.1. The zero-order valence-electron chi connectivity index (χ0n) is 12.7. The molecule has 1 aromatic carbocycles. The lowest BCUT2D eigenvalue weighted by Gasteiger charge is -2.21. The van der Waals surface area contributed by atoms with E-state index in [9.17, 15) is 18.8 Å². The van der Waals surface area contributed by atoms with E-state index < -0.39 is 29.6 Å². The molecule has 1 unspecified atom stereocenters. The molecule has 0 fully saturated rings. The summed E-state index contributed by atoms with van der Waals surface area (Å²) in [7, 11) is 1.21. The third kappa shape index (κ3) is 5.16. The number of esters is 1. The van der Waals surface area contributed by atoms with Crippen molar-refractivity contribution in [2.24, 2.45) is 5.92 Å². The number of amides is 2. The van der Waals surface area contributed by atoms with Crippen molar-refractivity contribution in [3.63, 3.8) is 0 Å². The van der Waals surface area contributed by atoms with Crippen LogP contribution in [0.1, 0.15) is 24.2 Å².